The summed E-state index contributed by atoms with van der Waals surface area (Å²) in [5.74, 6) is 0.0611. The second-order valence-electron chi connectivity index (χ2n) is 3.92. The van der Waals surface area contributed by atoms with Crippen LogP contribution in [0.25, 0.3) is 0 Å². The molecule has 0 saturated carbocycles. The minimum absolute atomic E-state index is 0.434. The molecule has 1 rings (SSSR count). The minimum atomic E-state index is -0.825. The Morgan fingerprint density at radius 2 is 2.31 bits per heavy atom. The van der Waals surface area contributed by atoms with Crippen molar-refractivity contribution in [2.45, 2.75) is 39.0 Å². The number of aliphatic carboxylic acids is 1. The molecule has 0 saturated heterocycles. The van der Waals surface area contributed by atoms with Gasteiger partial charge in [-0.1, -0.05) is 12.5 Å². The van der Waals surface area contributed by atoms with Gasteiger partial charge in [0.15, 0.2) is 5.90 Å². The van der Waals surface area contributed by atoms with Crippen LogP contribution in [0.5, 0.6) is 0 Å². The molecule has 1 N–H and O–H groups in total. The summed E-state index contributed by atoms with van der Waals surface area (Å²) < 4.78 is 5.29. The van der Waals surface area contributed by atoms with E-state index in [0.717, 1.165) is 51.2 Å². The number of rotatable bonds is 7. The smallest absolute Gasteiger partial charge is 0.330 e. The molecule has 0 aromatic rings. The fourth-order valence-electron chi connectivity index (χ4n) is 1.53. The van der Waals surface area contributed by atoms with Gasteiger partial charge < -0.3 is 9.84 Å². The number of aliphatic imine (C=N–C) groups is 1. The van der Waals surface area contributed by atoms with Gasteiger partial charge in [-0.05, 0) is 26.2 Å². The number of ether oxygens (including phenoxy) is 1. The molecule has 0 amide bonds. The predicted molar refractivity (Wildman–Crippen MR) is 62.7 cm³/mol. The molecule has 90 valence electrons. The molecule has 4 nitrogen and oxygen atoms in total. The van der Waals surface area contributed by atoms with Gasteiger partial charge >= 0.3 is 5.97 Å². The first-order valence-electron chi connectivity index (χ1n) is 5.76. The number of allylic oxidation sites excluding steroid dienone is 1. The highest BCUT2D eigenvalue weighted by atomic mass is 16.5. The normalized spacial score (nSPS) is 15.8. The van der Waals surface area contributed by atoms with Crippen molar-refractivity contribution in [3.05, 3.63) is 11.6 Å². The Hall–Kier alpha value is -1.32. The topological polar surface area (TPSA) is 58.9 Å². The maximum absolute atomic E-state index is 10.5. The summed E-state index contributed by atoms with van der Waals surface area (Å²) in [6, 6.07) is 0. The molecule has 0 aromatic carbocycles. The van der Waals surface area contributed by atoms with Crippen molar-refractivity contribution in [2.24, 2.45) is 4.99 Å². The Morgan fingerprint density at radius 3 is 2.94 bits per heavy atom. The van der Waals surface area contributed by atoms with Crippen LogP contribution < -0.4 is 0 Å². The lowest BCUT2D eigenvalue weighted by Crippen LogP contribution is -1.98. The summed E-state index contributed by atoms with van der Waals surface area (Å²) in [5, 5.41) is 8.63. The second kappa shape index (κ2) is 7.04. The predicted octanol–water partition coefficient (Wildman–Crippen LogP) is 2.40. The van der Waals surface area contributed by atoms with Crippen molar-refractivity contribution in [1.82, 2.24) is 0 Å². The Balaban J connectivity index is 1.99. The third-order valence-electron chi connectivity index (χ3n) is 2.53. The van der Waals surface area contributed by atoms with Crippen LogP contribution in [0.3, 0.4) is 0 Å². The Labute approximate surface area is 96.0 Å². The van der Waals surface area contributed by atoms with E-state index in [1.807, 2.05) is 0 Å². The van der Waals surface area contributed by atoms with Crippen molar-refractivity contribution < 1.29 is 14.6 Å². The van der Waals surface area contributed by atoms with Crippen LogP contribution in [0.2, 0.25) is 0 Å². The molecule has 0 spiro atoms. The van der Waals surface area contributed by atoms with Gasteiger partial charge in [0.05, 0.1) is 6.54 Å². The monoisotopic (exact) mass is 225 g/mol. The fraction of sp³-hybridized carbons (Fsp3) is 0.667. The maximum Gasteiger partial charge on any atom is 0.330 e. The van der Waals surface area contributed by atoms with Gasteiger partial charge in [-0.3, -0.25) is 4.99 Å². The van der Waals surface area contributed by atoms with Crippen molar-refractivity contribution in [2.75, 3.05) is 13.2 Å². The molecule has 1 aliphatic heterocycles. The lowest BCUT2D eigenvalue weighted by Gasteiger charge is -2.00. The molecule has 0 radical (unpaired) electrons. The van der Waals surface area contributed by atoms with Crippen LogP contribution >= 0.6 is 0 Å². The Kier molecular flexibility index (Phi) is 5.61. The molecule has 16 heavy (non-hydrogen) atoms. The fourth-order valence-corrected chi connectivity index (χ4v) is 1.53. The molecule has 0 atom stereocenters. The molecular weight excluding hydrogens is 206 g/mol. The molecule has 0 aliphatic carbocycles. The first-order chi connectivity index (χ1) is 7.70. The van der Waals surface area contributed by atoms with E-state index in [0.29, 0.717) is 5.57 Å². The first kappa shape index (κ1) is 12.7. The highest BCUT2D eigenvalue weighted by molar-refractivity contribution is 5.85. The van der Waals surface area contributed by atoms with Gasteiger partial charge in [0.25, 0.3) is 0 Å². The number of nitrogens with zero attached hydrogens (tertiary/aromatic N) is 1. The van der Waals surface area contributed by atoms with Crippen LogP contribution in [0.1, 0.15) is 39.0 Å². The zero-order chi connectivity index (χ0) is 11.8. The number of carbonyl (C=O) groups is 1. The number of carboxylic acids is 1. The van der Waals surface area contributed by atoms with Crippen LogP contribution in [-0.4, -0.2) is 30.1 Å². The van der Waals surface area contributed by atoms with Gasteiger partial charge in [-0.15, -0.1) is 0 Å². The third-order valence-corrected chi connectivity index (χ3v) is 2.53. The van der Waals surface area contributed by atoms with E-state index in [4.69, 9.17) is 9.84 Å². The molecule has 0 bridgehead atoms. The SMILES string of the molecule is CC(=CCCCCCC1=NCCO1)C(=O)O. The van der Waals surface area contributed by atoms with Crippen LogP contribution in [-0.2, 0) is 9.53 Å². The van der Waals surface area contributed by atoms with Crippen molar-refractivity contribution in [1.29, 1.82) is 0 Å². The largest absolute Gasteiger partial charge is 0.479 e. The lowest BCUT2D eigenvalue weighted by atomic mass is 10.1. The van der Waals surface area contributed by atoms with Gasteiger partial charge in [0.2, 0.25) is 0 Å². The van der Waals surface area contributed by atoms with Gasteiger partial charge in [0.1, 0.15) is 6.61 Å². The summed E-state index contributed by atoms with van der Waals surface area (Å²) in [6.07, 6.45) is 6.72. The zero-order valence-electron chi connectivity index (χ0n) is 9.74. The standard InChI is InChI=1S/C12H19NO3/c1-10(12(14)15)6-4-2-3-5-7-11-13-8-9-16-11/h6H,2-5,7-9H2,1H3,(H,14,15). The van der Waals surface area contributed by atoms with Crippen molar-refractivity contribution >= 4 is 11.9 Å². The summed E-state index contributed by atoms with van der Waals surface area (Å²) in [7, 11) is 0. The number of carboxylic acid groups (broad SMARTS) is 1. The van der Waals surface area contributed by atoms with E-state index in [1.54, 1.807) is 13.0 Å². The molecule has 1 aliphatic rings. The van der Waals surface area contributed by atoms with E-state index in [9.17, 15) is 4.79 Å². The highest BCUT2D eigenvalue weighted by Gasteiger charge is 2.05. The van der Waals surface area contributed by atoms with Crippen molar-refractivity contribution in [3.63, 3.8) is 0 Å². The summed E-state index contributed by atoms with van der Waals surface area (Å²) in [5.41, 5.74) is 0.434. The quantitative estimate of drug-likeness (QED) is 0.534. The van der Waals surface area contributed by atoms with E-state index < -0.39 is 5.97 Å². The maximum atomic E-state index is 10.5. The van der Waals surface area contributed by atoms with Crippen molar-refractivity contribution in [3.8, 4) is 0 Å². The zero-order valence-corrected chi connectivity index (χ0v) is 9.74. The lowest BCUT2D eigenvalue weighted by molar-refractivity contribution is -0.132. The highest BCUT2D eigenvalue weighted by Crippen LogP contribution is 2.08. The second-order valence-corrected chi connectivity index (χ2v) is 3.92. The third kappa shape index (κ3) is 4.96. The first-order valence-corrected chi connectivity index (χ1v) is 5.76. The number of unbranched alkanes of at least 4 members (excludes halogenated alkanes) is 3. The van der Waals surface area contributed by atoms with E-state index in [-0.39, 0.29) is 0 Å². The number of hydrogen-bond donors (Lipinski definition) is 1. The summed E-state index contributed by atoms with van der Waals surface area (Å²) in [4.78, 5) is 14.7. The van der Waals surface area contributed by atoms with Gasteiger partial charge in [0, 0.05) is 12.0 Å². The average Bonchev–Trinajstić information content (AvgIpc) is 2.75. The van der Waals surface area contributed by atoms with Gasteiger partial charge in [-0.25, -0.2) is 4.79 Å². The Morgan fingerprint density at radius 1 is 1.50 bits per heavy atom. The van der Waals surface area contributed by atoms with E-state index >= 15 is 0 Å². The molecular formula is C12H19NO3. The van der Waals surface area contributed by atoms with Crippen LogP contribution in [0, 0.1) is 0 Å². The number of hydrogen-bond acceptors (Lipinski definition) is 3. The summed E-state index contributed by atoms with van der Waals surface area (Å²) >= 11 is 0. The van der Waals surface area contributed by atoms with Crippen LogP contribution in [0.15, 0.2) is 16.6 Å². The summed E-state index contributed by atoms with van der Waals surface area (Å²) in [6.45, 7) is 3.16. The van der Waals surface area contributed by atoms with Crippen LogP contribution in [0.4, 0.5) is 0 Å². The van der Waals surface area contributed by atoms with E-state index in [1.165, 1.54) is 0 Å². The minimum Gasteiger partial charge on any atom is -0.479 e. The molecule has 0 fully saturated rings. The molecule has 0 aromatic heterocycles. The Bertz CT molecular complexity index is 295. The molecule has 4 heteroatoms. The van der Waals surface area contributed by atoms with Gasteiger partial charge in [-0.2, -0.15) is 0 Å². The average molecular weight is 225 g/mol. The molecule has 0 unspecified atom stereocenters. The molecule has 1 heterocycles. The van der Waals surface area contributed by atoms with E-state index in [2.05, 4.69) is 4.99 Å².